The van der Waals surface area contributed by atoms with Crippen molar-refractivity contribution in [2.75, 3.05) is 13.7 Å². The van der Waals surface area contributed by atoms with Crippen molar-refractivity contribution >= 4 is 11.6 Å². The summed E-state index contributed by atoms with van der Waals surface area (Å²) in [5, 5.41) is 0. The molecule has 1 rings (SSSR count). The predicted molar refractivity (Wildman–Crippen MR) is 81.4 cm³/mol. The molecule has 0 heterocycles. The van der Waals surface area contributed by atoms with Crippen LogP contribution in [0.15, 0.2) is 18.2 Å². The van der Waals surface area contributed by atoms with Gasteiger partial charge in [-0.05, 0) is 30.0 Å². The van der Waals surface area contributed by atoms with Gasteiger partial charge in [-0.25, -0.2) is 0 Å². The third-order valence-corrected chi connectivity index (χ3v) is 3.71. The minimum Gasteiger partial charge on any atom is -0.493 e. The molecule has 0 aliphatic rings. The first kappa shape index (κ1) is 16.2. The molecular weight excluding hydrogens is 260 g/mol. The van der Waals surface area contributed by atoms with Crippen molar-refractivity contribution in [1.29, 1.82) is 0 Å². The molecule has 1 atom stereocenters. The van der Waals surface area contributed by atoms with E-state index >= 15 is 0 Å². The second-order valence-electron chi connectivity index (χ2n) is 4.85. The maximum absolute atomic E-state index is 5.94. The van der Waals surface area contributed by atoms with Crippen LogP contribution in [-0.2, 0) is 5.88 Å². The number of hydrogen-bond donors (Lipinski definition) is 0. The van der Waals surface area contributed by atoms with Crippen LogP contribution in [0.1, 0.15) is 45.1 Å². The Labute approximate surface area is 122 Å². The Hall–Kier alpha value is -0.890. The van der Waals surface area contributed by atoms with Gasteiger partial charge in [-0.3, -0.25) is 0 Å². The first-order valence-electron chi connectivity index (χ1n) is 7.10. The van der Waals surface area contributed by atoms with Gasteiger partial charge < -0.3 is 9.47 Å². The molecule has 0 fully saturated rings. The lowest BCUT2D eigenvalue weighted by Crippen LogP contribution is -2.11. The quantitative estimate of drug-likeness (QED) is 0.592. The van der Waals surface area contributed by atoms with E-state index in [9.17, 15) is 0 Å². The SMILES string of the molecule is CCCCC(CC)COc1cc(CCl)ccc1OC. The number of rotatable bonds is 9. The lowest BCUT2D eigenvalue weighted by atomic mass is 10.0. The van der Waals surface area contributed by atoms with Gasteiger partial charge in [0.05, 0.1) is 13.7 Å². The highest BCUT2D eigenvalue weighted by Gasteiger charge is 2.10. The molecule has 3 heteroatoms. The monoisotopic (exact) mass is 284 g/mol. The number of hydrogen-bond acceptors (Lipinski definition) is 2. The second-order valence-corrected chi connectivity index (χ2v) is 5.11. The first-order chi connectivity index (χ1) is 9.24. The normalized spacial score (nSPS) is 12.2. The zero-order chi connectivity index (χ0) is 14.1. The summed E-state index contributed by atoms with van der Waals surface area (Å²) >= 11 is 5.86. The first-order valence-corrected chi connectivity index (χ1v) is 7.64. The molecule has 0 aliphatic heterocycles. The summed E-state index contributed by atoms with van der Waals surface area (Å²) < 4.78 is 11.3. The van der Waals surface area contributed by atoms with E-state index in [4.69, 9.17) is 21.1 Å². The number of alkyl halides is 1. The Balaban J connectivity index is 2.63. The third-order valence-electron chi connectivity index (χ3n) is 3.40. The van der Waals surface area contributed by atoms with Crippen LogP contribution in [0.25, 0.3) is 0 Å². The fraction of sp³-hybridized carbons (Fsp3) is 0.625. The fourth-order valence-electron chi connectivity index (χ4n) is 2.02. The maximum atomic E-state index is 5.94. The average Bonchev–Trinajstić information content (AvgIpc) is 2.47. The topological polar surface area (TPSA) is 18.5 Å². The summed E-state index contributed by atoms with van der Waals surface area (Å²) in [4.78, 5) is 0. The van der Waals surface area contributed by atoms with Gasteiger partial charge in [-0.1, -0.05) is 39.2 Å². The van der Waals surface area contributed by atoms with Gasteiger partial charge in [0.2, 0.25) is 0 Å². The highest BCUT2D eigenvalue weighted by atomic mass is 35.5. The molecule has 1 unspecified atom stereocenters. The maximum Gasteiger partial charge on any atom is 0.161 e. The highest BCUT2D eigenvalue weighted by molar-refractivity contribution is 6.17. The molecule has 0 bridgehead atoms. The molecule has 0 saturated carbocycles. The molecule has 0 spiro atoms. The van der Waals surface area contributed by atoms with E-state index in [0.717, 1.165) is 30.1 Å². The average molecular weight is 285 g/mol. The third kappa shape index (κ3) is 5.32. The minimum atomic E-state index is 0.493. The molecule has 19 heavy (non-hydrogen) atoms. The lowest BCUT2D eigenvalue weighted by molar-refractivity contribution is 0.224. The minimum absolute atomic E-state index is 0.493. The molecule has 0 saturated heterocycles. The van der Waals surface area contributed by atoms with Crippen LogP contribution in [0.4, 0.5) is 0 Å². The Bertz CT molecular complexity index is 366. The van der Waals surface area contributed by atoms with Crippen LogP contribution >= 0.6 is 11.6 Å². The van der Waals surface area contributed by atoms with Crippen LogP contribution in [0.5, 0.6) is 11.5 Å². The van der Waals surface area contributed by atoms with Gasteiger partial charge in [-0.15, -0.1) is 11.6 Å². The van der Waals surface area contributed by atoms with E-state index in [1.807, 2.05) is 18.2 Å². The van der Waals surface area contributed by atoms with E-state index in [2.05, 4.69) is 13.8 Å². The molecule has 1 aromatic carbocycles. The van der Waals surface area contributed by atoms with E-state index in [-0.39, 0.29) is 0 Å². The largest absolute Gasteiger partial charge is 0.493 e. The lowest BCUT2D eigenvalue weighted by Gasteiger charge is -2.17. The molecular formula is C16H25ClO2. The van der Waals surface area contributed by atoms with Crippen LogP contribution in [-0.4, -0.2) is 13.7 Å². The Kier molecular flexibility index (Phi) is 7.73. The van der Waals surface area contributed by atoms with Crippen molar-refractivity contribution < 1.29 is 9.47 Å². The molecule has 0 N–H and O–H groups in total. The summed E-state index contributed by atoms with van der Waals surface area (Å²) in [5.74, 6) is 2.69. The molecule has 2 nitrogen and oxygen atoms in total. The Morgan fingerprint density at radius 2 is 2.00 bits per heavy atom. The Morgan fingerprint density at radius 1 is 1.21 bits per heavy atom. The molecule has 0 radical (unpaired) electrons. The highest BCUT2D eigenvalue weighted by Crippen LogP contribution is 2.29. The van der Waals surface area contributed by atoms with Crippen molar-refractivity contribution in [1.82, 2.24) is 0 Å². The number of halogens is 1. The van der Waals surface area contributed by atoms with E-state index in [1.165, 1.54) is 19.3 Å². The molecule has 0 amide bonds. The zero-order valence-corrected chi connectivity index (χ0v) is 13.0. The summed E-state index contributed by atoms with van der Waals surface area (Å²) in [6.07, 6.45) is 4.88. The van der Waals surface area contributed by atoms with Gasteiger partial charge in [0.15, 0.2) is 11.5 Å². The number of unbranched alkanes of at least 4 members (excludes halogenated alkanes) is 1. The number of methoxy groups -OCH3 is 1. The molecule has 1 aromatic rings. The summed E-state index contributed by atoms with van der Waals surface area (Å²) in [6.45, 7) is 5.19. The summed E-state index contributed by atoms with van der Waals surface area (Å²) in [5.41, 5.74) is 1.05. The summed E-state index contributed by atoms with van der Waals surface area (Å²) in [7, 11) is 1.66. The van der Waals surface area contributed by atoms with Crippen molar-refractivity contribution in [2.45, 2.75) is 45.4 Å². The van der Waals surface area contributed by atoms with E-state index in [1.54, 1.807) is 7.11 Å². The van der Waals surface area contributed by atoms with Crippen LogP contribution in [0.3, 0.4) is 0 Å². The van der Waals surface area contributed by atoms with Crippen LogP contribution < -0.4 is 9.47 Å². The second kappa shape index (κ2) is 9.08. The van der Waals surface area contributed by atoms with E-state index < -0.39 is 0 Å². The zero-order valence-electron chi connectivity index (χ0n) is 12.2. The number of benzene rings is 1. The van der Waals surface area contributed by atoms with Gasteiger partial charge in [-0.2, -0.15) is 0 Å². The summed E-state index contributed by atoms with van der Waals surface area (Å²) in [6, 6.07) is 5.85. The molecule has 108 valence electrons. The van der Waals surface area contributed by atoms with Crippen molar-refractivity contribution in [2.24, 2.45) is 5.92 Å². The van der Waals surface area contributed by atoms with Gasteiger partial charge in [0, 0.05) is 5.88 Å². The Morgan fingerprint density at radius 3 is 2.58 bits per heavy atom. The molecule has 0 aliphatic carbocycles. The van der Waals surface area contributed by atoms with Crippen LogP contribution in [0, 0.1) is 5.92 Å². The van der Waals surface area contributed by atoms with Gasteiger partial charge in [0.1, 0.15) is 0 Å². The van der Waals surface area contributed by atoms with E-state index in [0.29, 0.717) is 11.8 Å². The van der Waals surface area contributed by atoms with Crippen LogP contribution in [0.2, 0.25) is 0 Å². The fourth-order valence-corrected chi connectivity index (χ4v) is 2.19. The standard InChI is InChI=1S/C16H25ClO2/c1-4-6-7-13(5-2)12-19-16-10-14(11-17)8-9-15(16)18-3/h8-10,13H,4-7,11-12H2,1-3H3. The molecule has 0 aromatic heterocycles. The van der Waals surface area contributed by atoms with Gasteiger partial charge >= 0.3 is 0 Å². The van der Waals surface area contributed by atoms with Crippen molar-refractivity contribution in [3.05, 3.63) is 23.8 Å². The van der Waals surface area contributed by atoms with Gasteiger partial charge in [0.25, 0.3) is 0 Å². The predicted octanol–water partition coefficient (Wildman–Crippen LogP) is 5.03. The van der Waals surface area contributed by atoms with Crippen molar-refractivity contribution in [3.8, 4) is 11.5 Å². The number of ether oxygens (including phenoxy) is 2. The van der Waals surface area contributed by atoms with Crippen molar-refractivity contribution in [3.63, 3.8) is 0 Å². The smallest absolute Gasteiger partial charge is 0.161 e.